The zero-order valence-corrected chi connectivity index (χ0v) is 18.5. The van der Waals surface area contributed by atoms with Crippen molar-refractivity contribution in [2.75, 3.05) is 12.4 Å². The van der Waals surface area contributed by atoms with E-state index in [1.807, 2.05) is 18.0 Å². The van der Waals surface area contributed by atoms with Crippen molar-refractivity contribution in [1.29, 1.82) is 0 Å². The molecule has 2 aromatic carbocycles. The average Bonchev–Trinajstić information content (AvgIpc) is 3.56. The molecule has 1 saturated carbocycles. The molecule has 2 aromatic rings. The number of aliphatic imine (C=N–C) groups is 1. The number of hydrogen-bond acceptors (Lipinski definition) is 4. The van der Waals surface area contributed by atoms with Crippen molar-refractivity contribution in [3.05, 3.63) is 70.9 Å². The zero-order valence-electron chi connectivity index (χ0n) is 17.6. The van der Waals surface area contributed by atoms with Crippen LogP contribution in [-0.2, 0) is 10.2 Å². The van der Waals surface area contributed by atoms with Gasteiger partial charge >= 0.3 is 5.97 Å². The van der Waals surface area contributed by atoms with Crippen LogP contribution in [0.15, 0.2) is 58.6 Å². The van der Waals surface area contributed by atoms with E-state index in [0.29, 0.717) is 12.5 Å². The number of benzene rings is 2. The Bertz CT molecular complexity index is 1010. The van der Waals surface area contributed by atoms with Crippen LogP contribution < -0.4 is 0 Å². The molecular weight excluding hydrogens is 394 g/mol. The van der Waals surface area contributed by atoms with Crippen LogP contribution in [0.25, 0.3) is 5.57 Å². The summed E-state index contributed by atoms with van der Waals surface area (Å²) in [4.78, 5) is 16.9. The number of ether oxygens (including phenoxy) is 1. The van der Waals surface area contributed by atoms with Crippen molar-refractivity contribution < 1.29 is 14.6 Å². The van der Waals surface area contributed by atoms with Crippen LogP contribution in [0.1, 0.15) is 60.7 Å². The molecular formula is C25H27NO3S. The zero-order chi connectivity index (χ0) is 21.3. The van der Waals surface area contributed by atoms with E-state index in [9.17, 15) is 4.79 Å². The Morgan fingerprint density at radius 1 is 1.13 bits per heavy atom. The number of carboxylic acid groups (broad SMARTS) is 1. The van der Waals surface area contributed by atoms with E-state index >= 15 is 0 Å². The second-order valence-electron chi connectivity index (χ2n) is 8.98. The van der Waals surface area contributed by atoms with E-state index < -0.39 is 5.97 Å². The number of thioether (sulfide) groups is 1. The first-order valence-corrected chi connectivity index (χ1v) is 11.3. The lowest BCUT2D eigenvalue weighted by Gasteiger charge is -2.24. The molecule has 0 unspecified atom stereocenters. The van der Waals surface area contributed by atoms with Crippen LogP contribution in [0.3, 0.4) is 0 Å². The monoisotopic (exact) mass is 421 g/mol. The molecule has 0 amide bonds. The molecule has 1 N–H and O–H groups in total. The van der Waals surface area contributed by atoms with Gasteiger partial charge in [0.25, 0.3) is 0 Å². The Hall–Kier alpha value is -2.53. The standard InChI is InChI=1S/C25H27NO3S/c1-25(2,3)21-12-19(10-11-22(21)30-15-16-4-5-16)23-26-13-20(14-29-23)17-6-8-18(9-7-17)24(27)28/h6-13,16H,4-5,14-15H2,1-3H3,(H,27,28). The molecule has 2 aliphatic rings. The van der Waals surface area contributed by atoms with Crippen LogP contribution in [0.2, 0.25) is 0 Å². The smallest absolute Gasteiger partial charge is 0.335 e. The van der Waals surface area contributed by atoms with E-state index in [2.05, 4.69) is 44.0 Å². The van der Waals surface area contributed by atoms with Crippen LogP contribution in [0.5, 0.6) is 0 Å². The minimum absolute atomic E-state index is 0.0456. The summed E-state index contributed by atoms with van der Waals surface area (Å²) in [5, 5.41) is 9.05. The van der Waals surface area contributed by atoms with Gasteiger partial charge in [0.1, 0.15) is 6.61 Å². The molecule has 4 nitrogen and oxygen atoms in total. The summed E-state index contributed by atoms with van der Waals surface area (Å²) in [5.74, 6) is 1.79. The Kier molecular flexibility index (Phi) is 5.74. The summed E-state index contributed by atoms with van der Waals surface area (Å²) in [6.45, 7) is 7.15. The molecule has 0 atom stereocenters. The fourth-order valence-electron chi connectivity index (χ4n) is 3.37. The first kappa shape index (κ1) is 20.7. The minimum Gasteiger partial charge on any atom is -0.478 e. The summed E-state index contributed by atoms with van der Waals surface area (Å²) in [6.07, 6.45) is 4.56. The second-order valence-corrected chi connectivity index (χ2v) is 10.0. The van der Waals surface area contributed by atoms with Gasteiger partial charge in [-0.25, -0.2) is 9.79 Å². The molecule has 0 aromatic heterocycles. The second kappa shape index (κ2) is 8.31. The van der Waals surface area contributed by atoms with Gasteiger partial charge in [0, 0.05) is 28.0 Å². The molecule has 156 valence electrons. The highest BCUT2D eigenvalue weighted by Gasteiger charge is 2.25. The number of carboxylic acids is 1. The first-order valence-electron chi connectivity index (χ1n) is 10.3. The number of nitrogens with zero attached hydrogens (tertiary/aromatic N) is 1. The lowest BCUT2D eigenvalue weighted by atomic mass is 9.86. The molecule has 0 bridgehead atoms. The molecule has 0 spiro atoms. The van der Waals surface area contributed by atoms with Crippen LogP contribution in [0, 0.1) is 5.92 Å². The maximum Gasteiger partial charge on any atom is 0.335 e. The topological polar surface area (TPSA) is 58.9 Å². The maximum atomic E-state index is 11.0. The van der Waals surface area contributed by atoms with Crippen LogP contribution in [0.4, 0.5) is 0 Å². The average molecular weight is 422 g/mol. The van der Waals surface area contributed by atoms with Crippen molar-refractivity contribution in [2.45, 2.75) is 43.9 Å². The predicted octanol–water partition coefficient (Wildman–Crippen LogP) is 6.00. The van der Waals surface area contributed by atoms with Crippen LogP contribution >= 0.6 is 11.8 Å². The van der Waals surface area contributed by atoms with Gasteiger partial charge in [-0.3, -0.25) is 0 Å². The third kappa shape index (κ3) is 4.78. The lowest BCUT2D eigenvalue weighted by Crippen LogP contribution is -2.17. The fraction of sp³-hybridized carbons (Fsp3) is 0.360. The van der Waals surface area contributed by atoms with Gasteiger partial charge in [0.2, 0.25) is 5.90 Å². The Morgan fingerprint density at radius 2 is 1.83 bits per heavy atom. The molecule has 5 heteroatoms. The van der Waals surface area contributed by atoms with Gasteiger partial charge < -0.3 is 9.84 Å². The van der Waals surface area contributed by atoms with E-state index in [1.54, 1.807) is 24.3 Å². The predicted molar refractivity (Wildman–Crippen MR) is 122 cm³/mol. The summed E-state index contributed by atoms with van der Waals surface area (Å²) >= 11 is 1.97. The summed E-state index contributed by atoms with van der Waals surface area (Å²) in [7, 11) is 0. The largest absolute Gasteiger partial charge is 0.478 e. The SMILES string of the molecule is CC(C)(C)c1cc(C2=NC=C(c3ccc(C(=O)O)cc3)CO2)ccc1SCC1CC1. The Morgan fingerprint density at radius 3 is 2.40 bits per heavy atom. The van der Waals surface area contributed by atoms with E-state index in [4.69, 9.17) is 9.84 Å². The summed E-state index contributed by atoms with van der Waals surface area (Å²) in [6, 6.07) is 13.3. The normalized spacial score (nSPS) is 16.5. The molecule has 0 saturated heterocycles. The van der Waals surface area contributed by atoms with Gasteiger partial charge in [-0.2, -0.15) is 0 Å². The number of carbonyl (C=O) groups is 1. The number of rotatable bonds is 6. The van der Waals surface area contributed by atoms with Crippen LogP contribution in [-0.4, -0.2) is 29.3 Å². The molecule has 1 aliphatic carbocycles. The van der Waals surface area contributed by atoms with Gasteiger partial charge in [-0.05, 0) is 65.6 Å². The summed E-state index contributed by atoms with van der Waals surface area (Å²) in [5.41, 5.74) is 4.50. The molecule has 1 fully saturated rings. The van der Waals surface area contributed by atoms with E-state index in [1.165, 1.54) is 29.1 Å². The van der Waals surface area contributed by atoms with Gasteiger partial charge in [0.15, 0.2) is 0 Å². The summed E-state index contributed by atoms with van der Waals surface area (Å²) < 4.78 is 5.98. The van der Waals surface area contributed by atoms with Crippen molar-refractivity contribution in [1.82, 2.24) is 0 Å². The van der Waals surface area contributed by atoms with E-state index in [-0.39, 0.29) is 11.0 Å². The van der Waals surface area contributed by atoms with Gasteiger partial charge in [-0.1, -0.05) is 32.9 Å². The lowest BCUT2D eigenvalue weighted by molar-refractivity contribution is 0.0697. The molecule has 1 heterocycles. The molecule has 4 rings (SSSR count). The van der Waals surface area contributed by atoms with Crippen molar-refractivity contribution in [2.24, 2.45) is 10.9 Å². The quantitative estimate of drug-likeness (QED) is 0.581. The van der Waals surface area contributed by atoms with Gasteiger partial charge in [-0.15, -0.1) is 11.8 Å². The highest BCUT2D eigenvalue weighted by atomic mass is 32.2. The highest BCUT2D eigenvalue weighted by molar-refractivity contribution is 7.99. The fourth-order valence-corrected chi connectivity index (χ4v) is 4.80. The number of hydrogen-bond donors (Lipinski definition) is 1. The maximum absolute atomic E-state index is 11.0. The van der Waals surface area contributed by atoms with Crippen molar-refractivity contribution >= 4 is 29.2 Å². The minimum atomic E-state index is -0.927. The third-order valence-corrected chi connectivity index (χ3v) is 6.72. The Labute approximate surface area is 182 Å². The van der Waals surface area contributed by atoms with Crippen molar-refractivity contribution in [3.8, 4) is 0 Å². The first-order chi connectivity index (χ1) is 14.3. The third-order valence-electron chi connectivity index (χ3n) is 5.41. The van der Waals surface area contributed by atoms with Crippen molar-refractivity contribution in [3.63, 3.8) is 0 Å². The molecule has 0 radical (unpaired) electrons. The van der Waals surface area contributed by atoms with Gasteiger partial charge in [0.05, 0.1) is 5.56 Å². The Balaban J connectivity index is 1.56. The molecule has 1 aliphatic heterocycles. The van der Waals surface area contributed by atoms with E-state index in [0.717, 1.165) is 22.6 Å². The number of aromatic carboxylic acids is 1. The molecule has 30 heavy (non-hydrogen) atoms. The highest BCUT2D eigenvalue weighted by Crippen LogP contribution is 2.39.